The van der Waals surface area contributed by atoms with Crippen molar-refractivity contribution in [2.45, 2.75) is 19.8 Å². The van der Waals surface area contributed by atoms with Gasteiger partial charge < -0.3 is 9.47 Å². The van der Waals surface area contributed by atoms with Crippen LogP contribution in [0.3, 0.4) is 0 Å². The summed E-state index contributed by atoms with van der Waals surface area (Å²) in [6.45, 7) is 10.3. The Morgan fingerprint density at radius 1 is 1.15 bits per heavy atom. The molecular formula is C21H22FNO4. The number of rotatable bonds is 7. The Morgan fingerprint density at radius 2 is 1.78 bits per heavy atom. The van der Waals surface area contributed by atoms with Crippen molar-refractivity contribution < 1.29 is 23.5 Å². The van der Waals surface area contributed by atoms with Crippen molar-refractivity contribution in [2.24, 2.45) is 10.9 Å². The first-order chi connectivity index (χ1) is 12.9. The number of carbonyl (C=O) groups is 2. The van der Waals surface area contributed by atoms with Gasteiger partial charge >= 0.3 is 11.9 Å². The molecule has 142 valence electrons. The van der Waals surface area contributed by atoms with Gasteiger partial charge in [-0.15, -0.1) is 0 Å². The highest BCUT2D eigenvalue weighted by molar-refractivity contribution is 6.07. The maximum absolute atomic E-state index is 14.6. The minimum absolute atomic E-state index is 0.00550. The van der Waals surface area contributed by atoms with Crippen LogP contribution < -0.4 is 0 Å². The van der Waals surface area contributed by atoms with Crippen molar-refractivity contribution in [3.05, 3.63) is 72.2 Å². The molecular weight excluding hydrogens is 349 g/mol. The van der Waals surface area contributed by atoms with E-state index in [1.54, 1.807) is 32.0 Å². The maximum Gasteiger partial charge on any atom is 0.336 e. The van der Waals surface area contributed by atoms with Gasteiger partial charge in [0.05, 0.1) is 5.57 Å². The van der Waals surface area contributed by atoms with Crippen LogP contribution in [0.4, 0.5) is 4.39 Å². The molecule has 1 aliphatic heterocycles. The van der Waals surface area contributed by atoms with Crippen LogP contribution in [0.1, 0.15) is 25.3 Å². The van der Waals surface area contributed by atoms with Crippen molar-refractivity contribution in [1.29, 1.82) is 0 Å². The van der Waals surface area contributed by atoms with Crippen LogP contribution in [0.25, 0.3) is 0 Å². The molecule has 1 heterocycles. The molecule has 1 aromatic carbocycles. The summed E-state index contributed by atoms with van der Waals surface area (Å²) < 4.78 is 25.0. The van der Waals surface area contributed by atoms with Crippen LogP contribution >= 0.6 is 0 Å². The predicted molar refractivity (Wildman–Crippen MR) is 101 cm³/mol. The number of esters is 2. The van der Waals surface area contributed by atoms with Crippen molar-refractivity contribution in [3.8, 4) is 0 Å². The van der Waals surface area contributed by atoms with Crippen molar-refractivity contribution in [3.63, 3.8) is 0 Å². The van der Waals surface area contributed by atoms with E-state index in [4.69, 9.17) is 9.47 Å². The molecule has 6 heteroatoms. The quantitative estimate of drug-likeness (QED) is 0.541. The number of hydrogen-bond donors (Lipinski definition) is 0. The lowest BCUT2D eigenvalue weighted by Crippen LogP contribution is -2.37. The molecule has 0 aliphatic carbocycles. The molecule has 0 bridgehead atoms. The molecule has 0 amide bonds. The van der Waals surface area contributed by atoms with Gasteiger partial charge in [-0.2, -0.15) is 0 Å². The Morgan fingerprint density at radius 3 is 2.41 bits per heavy atom. The molecule has 1 aromatic rings. The van der Waals surface area contributed by atoms with Gasteiger partial charge in [0.25, 0.3) is 0 Å². The summed E-state index contributed by atoms with van der Waals surface area (Å²) in [7, 11) is 0. The monoisotopic (exact) mass is 371 g/mol. The van der Waals surface area contributed by atoms with E-state index < -0.39 is 29.6 Å². The molecule has 0 saturated carbocycles. The molecule has 2 atom stereocenters. The van der Waals surface area contributed by atoms with E-state index in [1.165, 1.54) is 18.2 Å². The van der Waals surface area contributed by atoms with E-state index in [9.17, 15) is 14.0 Å². The van der Waals surface area contributed by atoms with Crippen LogP contribution in [-0.4, -0.2) is 30.9 Å². The molecule has 0 radical (unpaired) electrons. The highest BCUT2D eigenvalue weighted by Gasteiger charge is 2.43. The lowest BCUT2D eigenvalue weighted by Gasteiger charge is -2.31. The highest BCUT2D eigenvalue weighted by Crippen LogP contribution is 2.41. The molecule has 0 saturated heterocycles. The summed E-state index contributed by atoms with van der Waals surface area (Å²) in [6.07, 6.45) is 2.87. The lowest BCUT2D eigenvalue weighted by atomic mass is 9.75. The third-order valence-corrected chi connectivity index (χ3v) is 4.22. The molecule has 5 nitrogen and oxygen atoms in total. The summed E-state index contributed by atoms with van der Waals surface area (Å²) in [4.78, 5) is 29.7. The largest absolute Gasteiger partial charge is 0.461 e. The summed E-state index contributed by atoms with van der Waals surface area (Å²) in [5.41, 5.74) is 1.16. The van der Waals surface area contributed by atoms with Gasteiger partial charge in [0.15, 0.2) is 0 Å². The number of allylic oxidation sites excluding steroid dienone is 1. The average Bonchev–Trinajstić information content (AvgIpc) is 2.64. The Kier molecular flexibility index (Phi) is 6.82. The topological polar surface area (TPSA) is 65.0 Å². The predicted octanol–water partition coefficient (Wildman–Crippen LogP) is 3.73. The summed E-state index contributed by atoms with van der Waals surface area (Å²) >= 11 is 0. The molecule has 0 fully saturated rings. The van der Waals surface area contributed by atoms with Gasteiger partial charge in [0, 0.05) is 17.3 Å². The molecule has 0 spiro atoms. The third kappa shape index (κ3) is 4.39. The van der Waals surface area contributed by atoms with Gasteiger partial charge in [0.2, 0.25) is 0 Å². The zero-order chi connectivity index (χ0) is 20.0. The van der Waals surface area contributed by atoms with E-state index >= 15 is 0 Å². The second kappa shape index (κ2) is 9.07. The standard InChI is InChI=1S/C21H22FNO4/c1-5-11-26-20(24)17-13(3)23-14(4)18(21(25)27-12-6-2)19(17)15-9-7-8-10-16(15)22/h5-10,17,19H,1-2,11-12H2,3-4H3/t17?,19-/m0/s1. The molecule has 0 N–H and O–H groups in total. The smallest absolute Gasteiger partial charge is 0.336 e. The van der Waals surface area contributed by atoms with Crippen molar-refractivity contribution in [1.82, 2.24) is 0 Å². The number of hydrogen-bond acceptors (Lipinski definition) is 5. The fraction of sp³-hybridized carbons (Fsp3) is 0.286. The number of nitrogens with zero attached hydrogens (tertiary/aromatic N) is 1. The Bertz CT molecular complexity index is 825. The summed E-state index contributed by atoms with van der Waals surface area (Å²) in [5, 5.41) is 0. The first-order valence-electron chi connectivity index (χ1n) is 8.48. The number of aliphatic imine (C=N–C) groups is 1. The van der Waals surface area contributed by atoms with Crippen LogP contribution in [0.5, 0.6) is 0 Å². The average molecular weight is 371 g/mol. The van der Waals surface area contributed by atoms with E-state index in [0.29, 0.717) is 11.4 Å². The van der Waals surface area contributed by atoms with Crippen LogP contribution in [-0.2, 0) is 19.1 Å². The van der Waals surface area contributed by atoms with Gasteiger partial charge in [0.1, 0.15) is 24.9 Å². The number of carbonyl (C=O) groups excluding carboxylic acids is 2. The molecule has 1 aliphatic rings. The number of benzene rings is 1. The Labute approximate surface area is 157 Å². The van der Waals surface area contributed by atoms with E-state index in [0.717, 1.165) is 0 Å². The van der Waals surface area contributed by atoms with Gasteiger partial charge in [-0.05, 0) is 25.5 Å². The Balaban J connectivity index is 2.60. The zero-order valence-electron chi connectivity index (χ0n) is 15.4. The Hall–Kier alpha value is -3.02. The first kappa shape index (κ1) is 20.3. The van der Waals surface area contributed by atoms with Gasteiger partial charge in [-0.3, -0.25) is 9.79 Å². The third-order valence-electron chi connectivity index (χ3n) is 4.22. The summed E-state index contributed by atoms with van der Waals surface area (Å²) in [6, 6.07) is 6.01. The van der Waals surface area contributed by atoms with E-state index in [-0.39, 0.29) is 24.4 Å². The first-order valence-corrected chi connectivity index (χ1v) is 8.48. The molecule has 1 unspecified atom stereocenters. The normalized spacial score (nSPS) is 19.1. The fourth-order valence-corrected chi connectivity index (χ4v) is 3.11. The minimum Gasteiger partial charge on any atom is -0.461 e. The van der Waals surface area contributed by atoms with E-state index in [2.05, 4.69) is 18.2 Å². The van der Waals surface area contributed by atoms with Crippen LogP contribution in [0.15, 0.2) is 65.8 Å². The summed E-state index contributed by atoms with van der Waals surface area (Å²) in [5.74, 6) is -3.65. The maximum atomic E-state index is 14.6. The van der Waals surface area contributed by atoms with Crippen molar-refractivity contribution in [2.75, 3.05) is 13.2 Å². The highest BCUT2D eigenvalue weighted by atomic mass is 19.1. The zero-order valence-corrected chi connectivity index (χ0v) is 15.4. The molecule has 0 aromatic heterocycles. The van der Waals surface area contributed by atoms with Gasteiger partial charge in [-0.1, -0.05) is 43.5 Å². The minimum atomic E-state index is -0.947. The van der Waals surface area contributed by atoms with Gasteiger partial charge in [-0.25, -0.2) is 9.18 Å². The second-order valence-electron chi connectivity index (χ2n) is 6.03. The SMILES string of the molecule is C=CCOC(=O)C1=C(C)N=C(C)C(C(=O)OCC=C)[C@@H]1c1ccccc1F. The van der Waals surface area contributed by atoms with Crippen molar-refractivity contribution >= 4 is 17.7 Å². The molecule has 27 heavy (non-hydrogen) atoms. The lowest BCUT2D eigenvalue weighted by molar-refractivity contribution is -0.145. The molecule has 2 rings (SSSR count). The number of halogens is 1. The fourth-order valence-electron chi connectivity index (χ4n) is 3.11. The second-order valence-corrected chi connectivity index (χ2v) is 6.03. The number of ether oxygens (including phenoxy) is 2. The van der Waals surface area contributed by atoms with Crippen LogP contribution in [0, 0.1) is 11.7 Å². The van der Waals surface area contributed by atoms with Crippen LogP contribution in [0.2, 0.25) is 0 Å². The van der Waals surface area contributed by atoms with E-state index in [1.807, 2.05) is 0 Å².